The number of likely N-dealkylation sites (tertiary alicyclic amines) is 1. The van der Waals surface area contributed by atoms with Gasteiger partial charge in [-0.15, -0.1) is 0 Å². The molecule has 0 amide bonds. The number of piperidine rings is 1. The summed E-state index contributed by atoms with van der Waals surface area (Å²) in [5.41, 5.74) is 7.96. The smallest absolute Gasteiger partial charge is 0.140 e. The van der Waals surface area contributed by atoms with Crippen LogP contribution in [-0.2, 0) is 4.79 Å². The molecule has 5 nitrogen and oxygen atoms in total. The molecule has 2 aromatic carbocycles. The summed E-state index contributed by atoms with van der Waals surface area (Å²) in [7, 11) is 0. The Morgan fingerprint density at radius 2 is 1.72 bits per heavy atom. The second kappa shape index (κ2) is 7.16. The van der Waals surface area contributed by atoms with Gasteiger partial charge in [0.1, 0.15) is 24.0 Å². The van der Waals surface area contributed by atoms with Crippen LogP contribution in [0.4, 0.5) is 5.82 Å². The number of hydrogen-bond donors (Lipinski definition) is 1. The van der Waals surface area contributed by atoms with Crippen molar-refractivity contribution in [3.05, 3.63) is 54.7 Å². The number of nitrogens with two attached hydrogens (primary N) is 1. The average molecular weight is 387 g/mol. The molecule has 5 rings (SSSR count). The maximum atomic E-state index is 11.3. The van der Waals surface area contributed by atoms with E-state index < -0.39 is 0 Å². The fourth-order valence-corrected chi connectivity index (χ4v) is 4.31. The van der Waals surface area contributed by atoms with Crippen LogP contribution in [0.2, 0.25) is 0 Å². The zero-order chi connectivity index (χ0) is 19.8. The first-order valence-corrected chi connectivity index (χ1v) is 10.3. The summed E-state index contributed by atoms with van der Waals surface area (Å²) >= 11 is 0. The average Bonchev–Trinajstić information content (AvgIpc) is 3.56. The molecule has 0 spiro atoms. The van der Waals surface area contributed by atoms with Gasteiger partial charge in [0.25, 0.3) is 0 Å². The van der Waals surface area contributed by atoms with Crippen molar-refractivity contribution in [1.29, 1.82) is 0 Å². The number of hydrogen-bond acceptors (Lipinski definition) is 5. The van der Waals surface area contributed by atoms with Gasteiger partial charge in [0.2, 0.25) is 0 Å². The minimum Gasteiger partial charge on any atom is -0.490 e. The molecule has 1 aromatic heterocycles. The van der Waals surface area contributed by atoms with E-state index >= 15 is 0 Å². The number of aldehydes is 1. The van der Waals surface area contributed by atoms with Gasteiger partial charge >= 0.3 is 0 Å². The van der Waals surface area contributed by atoms with E-state index in [1.165, 1.54) is 0 Å². The summed E-state index contributed by atoms with van der Waals surface area (Å²) in [6.07, 6.45) is 7.13. The van der Waals surface area contributed by atoms with Crippen LogP contribution in [0.15, 0.2) is 54.7 Å². The number of anilines is 1. The third kappa shape index (κ3) is 3.58. The van der Waals surface area contributed by atoms with E-state index in [2.05, 4.69) is 40.2 Å². The summed E-state index contributed by atoms with van der Waals surface area (Å²) in [6, 6.07) is 16.5. The largest absolute Gasteiger partial charge is 0.490 e. The predicted molar refractivity (Wildman–Crippen MR) is 115 cm³/mol. The number of aromatic nitrogens is 1. The minimum atomic E-state index is -0.146. The molecule has 2 fully saturated rings. The van der Waals surface area contributed by atoms with Gasteiger partial charge in [-0.05, 0) is 66.5 Å². The Kier molecular flexibility index (Phi) is 4.47. The van der Waals surface area contributed by atoms with Crippen LogP contribution in [0.25, 0.3) is 21.9 Å². The van der Waals surface area contributed by atoms with E-state index in [9.17, 15) is 4.79 Å². The summed E-state index contributed by atoms with van der Waals surface area (Å²) in [4.78, 5) is 17.8. The molecule has 0 bridgehead atoms. The van der Waals surface area contributed by atoms with Crippen LogP contribution in [0, 0.1) is 0 Å². The molecule has 1 aliphatic carbocycles. The Balaban J connectivity index is 1.24. The highest BCUT2D eigenvalue weighted by Gasteiger charge is 2.48. The van der Waals surface area contributed by atoms with Crippen LogP contribution >= 0.6 is 0 Å². The van der Waals surface area contributed by atoms with Gasteiger partial charge in [0.05, 0.1) is 5.54 Å². The van der Waals surface area contributed by atoms with Crippen LogP contribution in [0.5, 0.6) is 5.75 Å². The lowest BCUT2D eigenvalue weighted by Gasteiger charge is -2.35. The van der Waals surface area contributed by atoms with Crippen LogP contribution in [0.3, 0.4) is 0 Å². The number of carbonyl (C=O) groups excluding carboxylic acids is 1. The van der Waals surface area contributed by atoms with E-state index in [0.29, 0.717) is 5.82 Å². The number of nitrogen functional groups attached to an aromatic ring is 1. The Morgan fingerprint density at radius 1 is 1.00 bits per heavy atom. The molecule has 0 radical (unpaired) electrons. The monoisotopic (exact) mass is 387 g/mol. The maximum Gasteiger partial charge on any atom is 0.140 e. The van der Waals surface area contributed by atoms with Crippen molar-refractivity contribution in [1.82, 2.24) is 9.88 Å². The molecule has 0 atom stereocenters. The van der Waals surface area contributed by atoms with Crippen molar-refractivity contribution in [2.75, 3.05) is 18.8 Å². The van der Waals surface area contributed by atoms with Gasteiger partial charge in [-0.3, -0.25) is 4.90 Å². The van der Waals surface area contributed by atoms with Crippen molar-refractivity contribution >= 4 is 22.9 Å². The topological polar surface area (TPSA) is 68.5 Å². The van der Waals surface area contributed by atoms with Crippen LogP contribution < -0.4 is 10.5 Å². The molecule has 2 N–H and O–H groups in total. The highest BCUT2D eigenvalue weighted by atomic mass is 16.5. The van der Waals surface area contributed by atoms with E-state index in [0.717, 1.165) is 72.7 Å². The van der Waals surface area contributed by atoms with Crippen molar-refractivity contribution < 1.29 is 9.53 Å². The highest BCUT2D eigenvalue weighted by Crippen LogP contribution is 2.41. The lowest BCUT2D eigenvalue weighted by molar-refractivity contribution is -0.114. The summed E-state index contributed by atoms with van der Waals surface area (Å²) in [6.45, 7) is 1.88. The van der Waals surface area contributed by atoms with E-state index in [1.807, 2.05) is 18.2 Å². The molecule has 5 heteroatoms. The van der Waals surface area contributed by atoms with Gasteiger partial charge in [-0.2, -0.15) is 0 Å². The molecule has 3 aromatic rings. The zero-order valence-electron chi connectivity index (χ0n) is 16.4. The Bertz CT molecular complexity index is 1040. The first-order valence-electron chi connectivity index (χ1n) is 10.3. The molecule has 0 unspecified atom stereocenters. The molecule has 1 saturated carbocycles. The molecule has 1 aliphatic heterocycles. The number of rotatable bonds is 5. The van der Waals surface area contributed by atoms with E-state index in [1.54, 1.807) is 6.20 Å². The first kappa shape index (κ1) is 18.1. The fraction of sp³-hybridized carbons (Fsp3) is 0.333. The molecular formula is C24H25N3O2. The lowest BCUT2D eigenvalue weighted by atomic mass is 10.0. The van der Waals surface area contributed by atoms with Gasteiger partial charge in [0, 0.05) is 24.7 Å². The molecule has 29 heavy (non-hydrogen) atoms. The van der Waals surface area contributed by atoms with Crippen molar-refractivity contribution in [2.24, 2.45) is 0 Å². The van der Waals surface area contributed by atoms with E-state index in [-0.39, 0.29) is 11.6 Å². The van der Waals surface area contributed by atoms with Crippen molar-refractivity contribution in [3.63, 3.8) is 0 Å². The number of ether oxygens (including phenoxy) is 1. The Labute approximate surface area is 170 Å². The number of carbonyl (C=O) groups is 1. The second-order valence-electron chi connectivity index (χ2n) is 8.22. The third-order valence-corrected chi connectivity index (χ3v) is 6.29. The fourth-order valence-electron chi connectivity index (χ4n) is 4.31. The minimum absolute atomic E-state index is 0.146. The molecule has 2 aliphatic rings. The zero-order valence-corrected chi connectivity index (χ0v) is 16.4. The standard InChI is InChI=1S/C24H25N3O2/c25-23-14-20-13-18(1-2-19(20)15-26-23)17-3-5-21(6-4-17)29-22-7-11-27(12-8-22)24(16-28)9-10-24/h1-6,13-16,22H,7-12H2,(H2,25,26). The summed E-state index contributed by atoms with van der Waals surface area (Å²) in [5.74, 6) is 1.43. The third-order valence-electron chi connectivity index (χ3n) is 6.29. The molecule has 148 valence electrons. The van der Waals surface area contributed by atoms with E-state index in [4.69, 9.17) is 10.5 Å². The molecule has 2 heterocycles. The summed E-state index contributed by atoms with van der Waals surface area (Å²) < 4.78 is 6.21. The molecule has 1 saturated heterocycles. The predicted octanol–water partition coefficient (Wildman–Crippen LogP) is 4.06. The number of fused-ring (bicyclic) bond motifs is 1. The van der Waals surface area contributed by atoms with Crippen LogP contribution in [0.1, 0.15) is 25.7 Å². The number of pyridine rings is 1. The Morgan fingerprint density at radius 3 is 2.41 bits per heavy atom. The SMILES string of the molecule is Nc1cc2cc(-c3ccc(OC4CCN(C5(C=O)CC5)CC4)cc3)ccc2cn1. The highest BCUT2D eigenvalue weighted by molar-refractivity contribution is 5.88. The van der Waals surface area contributed by atoms with Gasteiger partial charge in [-0.1, -0.05) is 24.3 Å². The second-order valence-corrected chi connectivity index (χ2v) is 8.22. The maximum absolute atomic E-state index is 11.3. The van der Waals surface area contributed by atoms with Gasteiger partial charge in [0.15, 0.2) is 0 Å². The molecular weight excluding hydrogens is 362 g/mol. The van der Waals surface area contributed by atoms with Gasteiger partial charge < -0.3 is 15.3 Å². The lowest BCUT2D eigenvalue weighted by Crippen LogP contribution is -2.46. The normalized spacial score (nSPS) is 19.2. The Hall–Kier alpha value is -2.92. The van der Waals surface area contributed by atoms with Crippen molar-refractivity contribution in [3.8, 4) is 16.9 Å². The quantitative estimate of drug-likeness (QED) is 0.669. The number of benzene rings is 2. The van der Waals surface area contributed by atoms with Crippen molar-refractivity contribution in [2.45, 2.75) is 37.3 Å². The van der Waals surface area contributed by atoms with Gasteiger partial charge in [-0.25, -0.2) is 4.98 Å². The first-order chi connectivity index (χ1) is 14.1. The van der Waals surface area contributed by atoms with Crippen LogP contribution in [-0.4, -0.2) is 40.9 Å². The summed E-state index contributed by atoms with van der Waals surface area (Å²) in [5, 5.41) is 2.17. The number of nitrogens with zero attached hydrogens (tertiary/aromatic N) is 2.